The first kappa shape index (κ1) is 8.56. The summed E-state index contributed by atoms with van der Waals surface area (Å²) in [6, 6.07) is 0. The molecule has 0 fully saturated rings. The van der Waals surface area contributed by atoms with Gasteiger partial charge in [-0.05, 0) is 12.8 Å². The molecular formula is C8H9ClN2O2. The second-order valence-corrected chi connectivity index (χ2v) is 3.44. The smallest absolute Gasteiger partial charge is 0.357 e. The number of fused-ring (bicyclic) bond motifs is 1. The van der Waals surface area contributed by atoms with Gasteiger partial charge in [-0.3, -0.25) is 0 Å². The third-order valence-corrected chi connectivity index (χ3v) is 2.60. The van der Waals surface area contributed by atoms with Crippen LogP contribution in [0.4, 0.5) is 0 Å². The van der Waals surface area contributed by atoms with E-state index in [9.17, 15) is 4.79 Å². The lowest BCUT2D eigenvalue weighted by atomic mass is 10.2. The van der Waals surface area contributed by atoms with Gasteiger partial charge < -0.3 is 9.67 Å². The molecule has 0 aromatic carbocycles. The summed E-state index contributed by atoms with van der Waals surface area (Å²) in [6.45, 7) is 0.786. The molecule has 1 aromatic heterocycles. The van der Waals surface area contributed by atoms with E-state index < -0.39 is 5.97 Å². The van der Waals surface area contributed by atoms with E-state index in [1.165, 1.54) is 0 Å². The number of rotatable bonds is 1. The zero-order chi connectivity index (χ0) is 9.42. The summed E-state index contributed by atoms with van der Waals surface area (Å²) in [7, 11) is 0. The second kappa shape index (κ2) is 3.03. The van der Waals surface area contributed by atoms with E-state index in [0.29, 0.717) is 0 Å². The molecule has 0 saturated carbocycles. The van der Waals surface area contributed by atoms with Gasteiger partial charge in [0.15, 0.2) is 5.69 Å². The quantitative estimate of drug-likeness (QED) is 0.749. The highest BCUT2D eigenvalue weighted by Crippen LogP contribution is 2.23. The third kappa shape index (κ3) is 1.31. The summed E-state index contributed by atoms with van der Waals surface area (Å²) in [6.07, 6.45) is 2.93. The van der Waals surface area contributed by atoms with Crippen molar-refractivity contribution in [1.82, 2.24) is 9.55 Å². The summed E-state index contributed by atoms with van der Waals surface area (Å²) >= 11 is 5.86. The van der Waals surface area contributed by atoms with Crippen molar-refractivity contribution in [3.8, 4) is 0 Å². The van der Waals surface area contributed by atoms with Gasteiger partial charge in [0.05, 0.1) is 0 Å². The van der Waals surface area contributed by atoms with Crippen LogP contribution in [0.25, 0.3) is 0 Å². The van der Waals surface area contributed by atoms with Crippen LogP contribution in [0.5, 0.6) is 0 Å². The summed E-state index contributed by atoms with van der Waals surface area (Å²) in [4.78, 5) is 14.7. The largest absolute Gasteiger partial charge is 0.476 e. The fourth-order valence-corrected chi connectivity index (χ4v) is 1.89. The standard InChI is InChI=1S/C8H9ClN2O2/c9-7-6(8(12)13)10-5-3-1-2-4-11(5)7/h1-4H2,(H,12,13). The molecule has 1 aromatic rings. The molecule has 1 aliphatic heterocycles. The molecule has 0 radical (unpaired) electrons. The Hall–Kier alpha value is -1.03. The molecule has 1 aliphatic rings. The van der Waals surface area contributed by atoms with Gasteiger partial charge in [-0.15, -0.1) is 0 Å². The molecule has 0 spiro atoms. The molecule has 2 rings (SSSR count). The minimum atomic E-state index is -1.05. The Morgan fingerprint density at radius 2 is 2.31 bits per heavy atom. The number of carboxylic acid groups (broad SMARTS) is 1. The summed E-state index contributed by atoms with van der Waals surface area (Å²) in [5.41, 5.74) is -0.0152. The highest BCUT2D eigenvalue weighted by molar-refractivity contribution is 6.32. The third-order valence-electron chi connectivity index (χ3n) is 2.22. The van der Waals surface area contributed by atoms with Crippen LogP contribution in [0.3, 0.4) is 0 Å². The Balaban J connectivity index is 2.50. The predicted molar refractivity (Wildman–Crippen MR) is 47.1 cm³/mol. The highest BCUT2D eigenvalue weighted by atomic mass is 35.5. The maximum Gasteiger partial charge on any atom is 0.357 e. The van der Waals surface area contributed by atoms with E-state index in [-0.39, 0.29) is 10.8 Å². The minimum Gasteiger partial charge on any atom is -0.476 e. The first-order chi connectivity index (χ1) is 6.20. The molecule has 0 bridgehead atoms. The zero-order valence-corrected chi connectivity index (χ0v) is 7.71. The van der Waals surface area contributed by atoms with Gasteiger partial charge in [0.2, 0.25) is 0 Å². The van der Waals surface area contributed by atoms with Crippen molar-refractivity contribution in [2.75, 3.05) is 0 Å². The Kier molecular flexibility index (Phi) is 2.00. The van der Waals surface area contributed by atoms with Crippen LogP contribution in [0.2, 0.25) is 5.15 Å². The van der Waals surface area contributed by atoms with E-state index in [1.807, 2.05) is 0 Å². The number of carbonyl (C=O) groups is 1. The predicted octanol–water partition coefficient (Wildman–Crippen LogP) is 1.57. The Morgan fingerprint density at radius 3 is 2.92 bits per heavy atom. The molecular weight excluding hydrogens is 192 g/mol. The van der Waals surface area contributed by atoms with Gasteiger partial charge in [-0.1, -0.05) is 11.6 Å². The summed E-state index contributed by atoms with van der Waals surface area (Å²) < 4.78 is 1.79. The number of hydrogen-bond acceptors (Lipinski definition) is 2. The molecule has 1 N–H and O–H groups in total. The number of aromatic nitrogens is 2. The topological polar surface area (TPSA) is 55.1 Å². The number of aromatic carboxylic acids is 1. The monoisotopic (exact) mass is 200 g/mol. The first-order valence-electron chi connectivity index (χ1n) is 4.18. The van der Waals surface area contributed by atoms with Crippen LogP contribution in [0.1, 0.15) is 29.2 Å². The Morgan fingerprint density at radius 1 is 1.54 bits per heavy atom. The van der Waals surface area contributed by atoms with Crippen molar-refractivity contribution >= 4 is 17.6 Å². The molecule has 0 amide bonds. The molecule has 0 saturated heterocycles. The number of aryl methyl sites for hydroxylation is 1. The number of nitrogens with zero attached hydrogens (tertiary/aromatic N) is 2. The molecule has 4 nitrogen and oxygen atoms in total. The lowest BCUT2D eigenvalue weighted by Gasteiger charge is -2.13. The van der Waals surface area contributed by atoms with Crippen molar-refractivity contribution in [1.29, 1.82) is 0 Å². The van der Waals surface area contributed by atoms with Crippen LogP contribution in [0.15, 0.2) is 0 Å². The normalized spacial score (nSPS) is 15.5. The number of hydrogen-bond donors (Lipinski definition) is 1. The van der Waals surface area contributed by atoms with Crippen molar-refractivity contribution in [3.63, 3.8) is 0 Å². The first-order valence-corrected chi connectivity index (χ1v) is 4.56. The van der Waals surface area contributed by atoms with Gasteiger partial charge in [-0.2, -0.15) is 0 Å². The van der Waals surface area contributed by atoms with E-state index in [1.54, 1.807) is 4.57 Å². The average Bonchev–Trinajstić information content (AvgIpc) is 2.45. The summed E-state index contributed by atoms with van der Waals surface area (Å²) in [5, 5.41) is 9.02. The van der Waals surface area contributed by atoms with Gasteiger partial charge in [0.25, 0.3) is 0 Å². The van der Waals surface area contributed by atoms with E-state index in [4.69, 9.17) is 16.7 Å². The van der Waals surface area contributed by atoms with Crippen molar-refractivity contribution in [2.24, 2.45) is 0 Å². The lowest BCUT2D eigenvalue weighted by Crippen LogP contribution is -2.10. The van der Waals surface area contributed by atoms with Crippen molar-refractivity contribution < 1.29 is 9.90 Å². The molecule has 70 valence electrons. The van der Waals surface area contributed by atoms with E-state index in [2.05, 4.69) is 4.98 Å². The average molecular weight is 201 g/mol. The van der Waals surface area contributed by atoms with Gasteiger partial charge in [-0.25, -0.2) is 9.78 Å². The molecule has 2 heterocycles. The van der Waals surface area contributed by atoms with Crippen LogP contribution < -0.4 is 0 Å². The maximum absolute atomic E-state index is 10.7. The second-order valence-electron chi connectivity index (χ2n) is 3.08. The Bertz CT molecular complexity index is 359. The highest BCUT2D eigenvalue weighted by Gasteiger charge is 2.21. The van der Waals surface area contributed by atoms with Crippen molar-refractivity contribution in [3.05, 3.63) is 16.7 Å². The lowest BCUT2D eigenvalue weighted by molar-refractivity contribution is 0.0691. The molecule has 0 aliphatic carbocycles. The van der Waals surface area contributed by atoms with E-state index in [0.717, 1.165) is 31.6 Å². The number of carboxylic acids is 1. The zero-order valence-electron chi connectivity index (χ0n) is 6.96. The van der Waals surface area contributed by atoms with Crippen LogP contribution >= 0.6 is 11.6 Å². The van der Waals surface area contributed by atoms with Gasteiger partial charge in [0.1, 0.15) is 11.0 Å². The summed E-state index contributed by atoms with van der Waals surface area (Å²) in [5.74, 6) is -0.249. The molecule has 0 atom stereocenters. The molecule has 13 heavy (non-hydrogen) atoms. The fourth-order valence-electron chi connectivity index (χ4n) is 1.58. The fraction of sp³-hybridized carbons (Fsp3) is 0.500. The molecule has 0 unspecified atom stereocenters. The maximum atomic E-state index is 10.7. The van der Waals surface area contributed by atoms with Crippen LogP contribution in [-0.2, 0) is 13.0 Å². The van der Waals surface area contributed by atoms with E-state index >= 15 is 0 Å². The number of imidazole rings is 1. The SMILES string of the molecule is O=C(O)c1nc2n(c1Cl)CCCC2. The Labute approximate surface area is 80.1 Å². The van der Waals surface area contributed by atoms with Gasteiger partial charge >= 0.3 is 5.97 Å². The van der Waals surface area contributed by atoms with Crippen molar-refractivity contribution in [2.45, 2.75) is 25.8 Å². The van der Waals surface area contributed by atoms with Crippen LogP contribution in [0, 0.1) is 0 Å². The van der Waals surface area contributed by atoms with Gasteiger partial charge in [0, 0.05) is 13.0 Å². The molecule has 5 heteroatoms. The van der Waals surface area contributed by atoms with Crippen LogP contribution in [-0.4, -0.2) is 20.6 Å². The minimum absolute atomic E-state index is 0.0152. The number of halogens is 1.